The third-order valence-electron chi connectivity index (χ3n) is 5.50. The van der Waals surface area contributed by atoms with E-state index >= 15 is 0 Å². The van der Waals surface area contributed by atoms with E-state index in [0.29, 0.717) is 0 Å². The molecule has 0 saturated carbocycles. The minimum atomic E-state index is -0.819. The maximum absolute atomic E-state index is 12.0. The molecule has 1 aromatic heterocycles. The number of pyridine rings is 1. The molecule has 3 nitrogen and oxygen atoms in total. The van der Waals surface area contributed by atoms with Gasteiger partial charge in [-0.25, -0.2) is 0 Å². The molecule has 0 spiro atoms. The monoisotopic (exact) mass is 374 g/mol. The van der Waals surface area contributed by atoms with Gasteiger partial charge >= 0.3 is 0 Å². The number of hydrogen-bond donors (Lipinski definition) is 1. The highest BCUT2D eigenvalue weighted by Gasteiger charge is 2.41. The standard InChI is InChI=1S/C22H30N2O.ClH/c1-17-12-13-19(16-23-17)21-11-6-9-18-8-4-5-10-20(18)22(21,25)14-7-15-24(2)3;/h4-5,8,10,12-13,16,21,25H,6-7,9,11,14-15H2,1-3H3;1H/t21-,22+;/m1./s1. The van der Waals surface area contributed by atoms with Gasteiger partial charge in [-0.3, -0.25) is 4.98 Å². The quantitative estimate of drug-likeness (QED) is 0.785. The van der Waals surface area contributed by atoms with Crippen LogP contribution >= 0.6 is 12.4 Å². The van der Waals surface area contributed by atoms with Crippen LogP contribution in [0.3, 0.4) is 0 Å². The zero-order valence-electron chi connectivity index (χ0n) is 16.1. The van der Waals surface area contributed by atoms with Crippen LogP contribution in [0.1, 0.15) is 54.0 Å². The van der Waals surface area contributed by atoms with Gasteiger partial charge in [0.25, 0.3) is 0 Å². The lowest BCUT2D eigenvalue weighted by Crippen LogP contribution is -2.34. The van der Waals surface area contributed by atoms with E-state index in [1.165, 1.54) is 5.56 Å². The molecule has 0 bridgehead atoms. The first-order valence-corrected chi connectivity index (χ1v) is 9.39. The smallest absolute Gasteiger partial charge is 0.0968 e. The molecule has 2 aromatic rings. The molecule has 142 valence electrons. The summed E-state index contributed by atoms with van der Waals surface area (Å²) in [6.07, 6.45) is 6.87. The average molecular weight is 375 g/mol. The van der Waals surface area contributed by atoms with Crippen LogP contribution in [0.25, 0.3) is 0 Å². The van der Waals surface area contributed by atoms with Gasteiger partial charge in [-0.2, -0.15) is 0 Å². The van der Waals surface area contributed by atoms with Gasteiger partial charge in [0.15, 0.2) is 0 Å². The van der Waals surface area contributed by atoms with Crippen LogP contribution in [0.4, 0.5) is 0 Å². The summed E-state index contributed by atoms with van der Waals surface area (Å²) in [5.41, 5.74) is 3.79. The first-order valence-electron chi connectivity index (χ1n) is 9.39. The molecule has 1 N–H and O–H groups in total. The van der Waals surface area contributed by atoms with E-state index in [4.69, 9.17) is 0 Å². The lowest BCUT2D eigenvalue weighted by atomic mass is 9.73. The van der Waals surface area contributed by atoms with E-state index in [1.807, 2.05) is 13.1 Å². The fourth-order valence-electron chi connectivity index (χ4n) is 4.19. The fourth-order valence-corrected chi connectivity index (χ4v) is 4.19. The summed E-state index contributed by atoms with van der Waals surface area (Å²) in [7, 11) is 4.18. The fraction of sp³-hybridized carbons (Fsp3) is 0.500. The highest BCUT2D eigenvalue weighted by atomic mass is 35.5. The predicted octanol–water partition coefficient (Wildman–Crippen LogP) is 4.46. The minimum absolute atomic E-state index is 0. The molecule has 0 amide bonds. The Bertz CT molecular complexity index is 702. The van der Waals surface area contributed by atoms with E-state index in [0.717, 1.165) is 55.5 Å². The van der Waals surface area contributed by atoms with Crippen molar-refractivity contribution in [3.63, 3.8) is 0 Å². The minimum Gasteiger partial charge on any atom is -0.385 e. The zero-order chi connectivity index (χ0) is 17.9. The molecule has 1 heterocycles. The number of aliphatic hydroxyl groups is 1. The number of rotatable bonds is 5. The van der Waals surface area contributed by atoms with Crippen molar-refractivity contribution in [3.8, 4) is 0 Å². The molecule has 2 atom stereocenters. The van der Waals surface area contributed by atoms with E-state index in [2.05, 4.69) is 60.4 Å². The molecule has 0 fully saturated rings. The van der Waals surface area contributed by atoms with E-state index in [-0.39, 0.29) is 18.3 Å². The van der Waals surface area contributed by atoms with Gasteiger partial charge in [-0.05, 0) is 82.4 Å². The van der Waals surface area contributed by atoms with Gasteiger partial charge < -0.3 is 10.0 Å². The molecule has 1 aliphatic rings. The Morgan fingerprint density at radius 1 is 1.19 bits per heavy atom. The highest BCUT2D eigenvalue weighted by Crippen LogP contribution is 2.46. The van der Waals surface area contributed by atoms with Crippen molar-refractivity contribution in [3.05, 3.63) is 65.0 Å². The second kappa shape index (κ2) is 8.98. The maximum atomic E-state index is 12.0. The largest absolute Gasteiger partial charge is 0.385 e. The van der Waals surface area contributed by atoms with Crippen LogP contribution < -0.4 is 0 Å². The number of aryl methyl sites for hydroxylation is 2. The first-order chi connectivity index (χ1) is 12.0. The Labute approximate surface area is 163 Å². The molecule has 3 rings (SSSR count). The third kappa shape index (κ3) is 4.46. The second-order valence-electron chi connectivity index (χ2n) is 7.67. The summed E-state index contributed by atoms with van der Waals surface area (Å²) < 4.78 is 0. The molecule has 0 radical (unpaired) electrons. The second-order valence-corrected chi connectivity index (χ2v) is 7.67. The summed E-state index contributed by atoms with van der Waals surface area (Å²) >= 11 is 0. The summed E-state index contributed by atoms with van der Waals surface area (Å²) in [6, 6.07) is 12.7. The van der Waals surface area contributed by atoms with Crippen molar-refractivity contribution in [1.82, 2.24) is 9.88 Å². The lowest BCUT2D eigenvalue weighted by molar-refractivity contribution is -0.00615. The Kier molecular flexibility index (Phi) is 7.22. The number of fused-ring (bicyclic) bond motifs is 1. The van der Waals surface area contributed by atoms with Crippen LogP contribution in [-0.2, 0) is 12.0 Å². The van der Waals surface area contributed by atoms with Crippen molar-refractivity contribution >= 4 is 12.4 Å². The molecule has 4 heteroatoms. The molecule has 0 unspecified atom stereocenters. The van der Waals surface area contributed by atoms with Gasteiger partial charge in [-0.15, -0.1) is 12.4 Å². The number of nitrogens with zero attached hydrogens (tertiary/aromatic N) is 2. The van der Waals surface area contributed by atoms with Crippen molar-refractivity contribution in [1.29, 1.82) is 0 Å². The normalized spacial score (nSPS) is 22.4. The van der Waals surface area contributed by atoms with Gasteiger partial charge in [-0.1, -0.05) is 30.3 Å². The highest BCUT2D eigenvalue weighted by molar-refractivity contribution is 5.85. The summed E-state index contributed by atoms with van der Waals surface area (Å²) in [5.74, 6) is 0.103. The summed E-state index contributed by atoms with van der Waals surface area (Å²) in [4.78, 5) is 6.68. The molecule has 26 heavy (non-hydrogen) atoms. The van der Waals surface area contributed by atoms with Crippen molar-refractivity contribution in [2.24, 2.45) is 0 Å². The van der Waals surface area contributed by atoms with Crippen LogP contribution in [0.5, 0.6) is 0 Å². The SMILES string of the molecule is Cc1ccc([C@H]2CCCc3ccccc3[C@@]2(O)CCCN(C)C)cn1.Cl. The van der Waals surface area contributed by atoms with Gasteiger partial charge in [0.05, 0.1) is 5.60 Å². The summed E-state index contributed by atoms with van der Waals surface area (Å²) in [5, 5.41) is 12.0. The van der Waals surface area contributed by atoms with Crippen LogP contribution in [0, 0.1) is 6.92 Å². The van der Waals surface area contributed by atoms with Crippen LogP contribution in [0.15, 0.2) is 42.6 Å². The van der Waals surface area contributed by atoms with E-state index < -0.39 is 5.60 Å². The Hall–Kier alpha value is -1.42. The first kappa shape index (κ1) is 20.9. The number of benzene rings is 1. The van der Waals surface area contributed by atoms with Gasteiger partial charge in [0, 0.05) is 17.8 Å². The topological polar surface area (TPSA) is 36.4 Å². The zero-order valence-corrected chi connectivity index (χ0v) is 16.9. The molecule has 1 aromatic carbocycles. The van der Waals surface area contributed by atoms with Crippen LogP contribution in [0.2, 0.25) is 0 Å². The number of halogens is 1. The molecular weight excluding hydrogens is 344 g/mol. The van der Waals surface area contributed by atoms with E-state index in [1.54, 1.807) is 0 Å². The molecule has 1 aliphatic carbocycles. The Balaban J connectivity index is 0.00000243. The number of hydrogen-bond acceptors (Lipinski definition) is 3. The molecule has 0 saturated heterocycles. The molecular formula is C22H31ClN2O. The average Bonchev–Trinajstić information content (AvgIpc) is 2.73. The Morgan fingerprint density at radius 3 is 2.65 bits per heavy atom. The predicted molar refractivity (Wildman–Crippen MR) is 110 cm³/mol. The third-order valence-corrected chi connectivity index (χ3v) is 5.50. The van der Waals surface area contributed by atoms with Gasteiger partial charge in [0.1, 0.15) is 0 Å². The molecule has 0 aliphatic heterocycles. The number of aromatic nitrogens is 1. The van der Waals surface area contributed by atoms with Crippen molar-refractivity contribution in [2.45, 2.75) is 50.5 Å². The van der Waals surface area contributed by atoms with Crippen molar-refractivity contribution < 1.29 is 5.11 Å². The Morgan fingerprint density at radius 2 is 1.96 bits per heavy atom. The van der Waals surface area contributed by atoms with Gasteiger partial charge in [0.2, 0.25) is 0 Å². The maximum Gasteiger partial charge on any atom is 0.0968 e. The van der Waals surface area contributed by atoms with Crippen LogP contribution in [-0.4, -0.2) is 35.6 Å². The summed E-state index contributed by atoms with van der Waals surface area (Å²) in [6.45, 7) is 3.00. The van der Waals surface area contributed by atoms with E-state index in [9.17, 15) is 5.11 Å². The van der Waals surface area contributed by atoms with Crippen molar-refractivity contribution in [2.75, 3.05) is 20.6 Å². The lowest BCUT2D eigenvalue weighted by Gasteiger charge is -2.37.